The molecule has 0 fully saturated rings. The van der Waals surface area contributed by atoms with Gasteiger partial charge in [0.15, 0.2) is 0 Å². The molecule has 242 valence electrons. The maximum Gasteiger partial charge on any atom is 0.137 e. The molecule has 0 radical (unpaired) electrons. The Morgan fingerprint density at radius 2 is 0.942 bits per heavy atom. The van der Waals surface area contributed by atoms with Gasteiger partial charge in [0.25, 0.3) is 0 Å². The summed E-state index contributed by atoms with van der Waals surface area (Å²) in [7, 11) is 0. The molecule has 8 aromatic carbocycles. The molecule has 0 bridgehead atoms. The molecular weight excluding hydrogens is 653 g/mol. The van der Waals surface area contributed by atoms with E-state index in [1.54, 1.807) is 0 Å². The first-order valence-electron chi connectivity index (χ1n) is 17.7. The molecular formula is C48H28N2OS. The van der Waals surface area contributed by atoms with E-state index in [0.29, 0.717) is 0 Å². The monoisotopic (exact) mass is 680 g/mol. The van der Waals surface area contributed by atoms with E-state index in [-0.39, 0.29) is 0 Å². The summed E-state index contributed by atoms with van der Waals surface area (Å²) < 4.78 is 13.8. The molecule has 52 heavy (non-hydrogen) atoms. The Morgan fingerprint density at radius 1 is 0.365 bits per heavy atom. The highest BCUT2D eigenvalue weighted by atomic mass is 32.1. The van der Waals surface area contributed by atoms with Gasteiger partial charge in [-0.15, -0.1) is 11.3 Å². The van der Waals surface area contributed by atoms with Gasteiger partial charge in [0.1, 0.15) is 11.2 Å². The van der Waals surface area contributed by atoms with E-state index in [1.807, 2.05) is 23.5 Å². The van der Waals surface area contributed by atoms with Crippen LogP contribution in [0, 0.1) is 0 Å². The van der Waals surface area contributed by atoms with Crippen LogP contribution in [0.15, 0.2) is 174 Å². The number of hydrogen-bond donors (Lipinski definition) is 0. The first kappa shape index (κ1) is 28.1. The summed E-state index contributed by atoms with van der Waals surface area (Å²) in [5.41, 5.74) is 11.3. The maximum atomic E-state index is 6.31. The lowest BCUT2D eigenvalue weighted by Gasteiger charge is -2.10. The number of para-hydroxylation sites is 3. The van der Waals surface area contributed by atoms with E-state index in [1.165, 1.54) is 80.6 Å². The van der Waals surface area contributed by atoms with Gasteiger partial charge >= 0.3 is 0 Å². The second-order valence-corrected chi connectivity index (χ2v) is 14.8. The van der Waals surface area contributed by atoms with Gasteiger partial charge in [-0.2, -0.15) is 0 Å². The Kier molecular flexibility index (Phi) is 5.65. The summed E-state index contributed by atoms with van der Waals surface area (Å²) in [6, 6.07) is 61.8. The highest BCUT2D eigenvalue weighted by Crippen LogP contribution is 2.42. The average Bonchev–Trinajstić information content (AvgIpc) is 3.95. The highest BCUT2D eigenvalue weighted by Gasteiger charge is 2.19. The topological polar surface area (TPSA) is 23.0 Å². The van der Waals surface area contributed by atoms with Crippen LogP contribution in [-0.4, -0.2) is 9.13 Å². The Balaban J connectivity index is 1.04. The fourth-order valence-electron chi connectivity index (χ4n) is 8.60. The van der Waals surface area contributed by atoms with Crippen LogP contribution in [0.1, 0.15) is 0 Å². The predicted molar refractivity (Wildman–Crippen MR) is 221 cm³/mol. The third-order valence-corrected chi connectivity index (χ3v) is 12.1. The number of benzene rings is 8. The molecule has 12 rings (SSSR count). The molecule has 0 saturated carbocycles. The van der Waals surface area contributed by atoms with Crippen molar-refractivity contribution in [3.63, 3.8) is 0 Å². The zero-order valence-corrected chi connectivity index (χ0v) is 28.7. The number of fused-ring (bicyclic) bond motifs is 12. The van der Waals surface area contributed by atoms with Crippen molar-refractivity contribution in [2.45, 2.75) is 0 Å². The molecule has 4 heteroatoms. The fourth-order valence-corrected chi connectivity index (χ4v) is 9.81. The molecule has 0 N–H and O–H groups in total. The van der Waals surface area contributed by atoms with Gasteiger partial charge in [-0.1, -0.05) is 97.1 Å². The smallest absolute Gasteiger partial charge is 0.137 e. The standard InChI is InChI=1S/C48H28N2OS/c1-5-15-40-32(10-1)38-26-29(20-24-42(38)49(40)31-22-23-35-34-12-3-7-18-45(34)51-46(35)28-31)30-21-25-43-39(27-30)33-11-2-6-16-41(33)50(43)44-17-9-14-37-36-13-4-8-19-47(36)52-48(37)44/h1-28H. The molecule has 4 heterocycles. The number of nitrogens with zero attached hydrogens (tertiary/aromatic N) is 2. The summed E-state index contributed by atoms with van der Waals surface area (Å²) in [4.78, 5) is 0. The average molecular weight is 681 g/mol. The minimum absolute atomic E-state index is 0.900. The summed E-state index contributed by atoms with van der Waals surface area (Å²) in [6.07, 6.45) is 0. The van der Waals surface area contributed by atoms with Crippen LogP contribution < -0.4 is 0 Å². The van der Waals surface area contributed by atoms with E-state index in [4.69, 9.17) is 4.42 Å². The summed E-state index contributed by atoms with van der Waals surface area (Å²) in [6.45, 7) is 0. The molecule has 0 aliphatic heterocycles. The largest absolute Gasteiger partial charge is 0.456 e. The van der Waals surface area contributed by atoms with E-state index in [2.05, 4.69) is 167 Å². The lowest BCUT2D eigenvalue weighted by molar-refractivity contribution is 0.668. The van der Waals surface area contributed by atoms with Gasteiger partial charge < -0.3 is 13.6 Å². The van der Waals surface area contributed by atoms with Gasteiger partial charge in [0, 0.05) is 59.5 Å². The summed E-state index contributed by atoms with van der Waals surface area (Å²) in [5.74, 6) is 0. The Labute approximate surface area is 301 Å². The zero-order valence-electron chi connectivity index (χ0n) is 27.9. The maximum absolute atomic E-state index is 6.31. The van der Waals surface area contributed by atoms with Gasteiger partial charge in [-0.25, -0.2) is 0 Å². The van der Waals surface area contributed by atoms with Crippen LogP contribution in [0.4, 0.5) is 0 Å². The van der Waals surface area contributed by atoms with Crippen molar-refractivity contribution in [2.75, 3.05) is 0 Å². The molecule has 0 saturated heterocycles. The van der Waals surface area contributed by atoms with Gasteiger partial charge in [0.2, 0.25) is 0 Å². The van der Waals surface area contributed by atoms with Crippen molar-refractivity contribution in [3.8, 4) is 22.5 Å². The van der Waals surface area contributed by atoms with Crippen molar-refractivity contribution in [1.82, 2.24) is 9.13 Å². The molecule has 12 aromatic rings. The van der Waals surface area contributed by atoms with Crippen molar-refractivity contribution < 1.29 is 4.42 Å². The SMILES string of the molecule is c1ccc2c(c1)oc1cc(-n3c4ccccc4c4cc(-c5ccc6c(c5)c5ccccc5n6-c5cccc6c5sc5ccccc56)ccc43)ccc12. The van der Waals surface area contributed by atoms with E-state index >= 15 is 0 Å². The summed E-state index contributed by atoms with van der Waals surface area (Å²) >= 11 is 1.88. The summed E-state index contributed by atoms with van der Waals surface area (Å²) in [5, 5.41) is 9.90. The quantitative estimate of drug-likeness (QED) is 0.182. The Hall–Kier alpha value is -6.62. The fraction of sp³-hybridized carbons (Fsp3) is 0. The van der Waals surface area contributed by atoms with Crippen LogP contribution in [0.2, 0.25) is 0 Å². The van der Waals surface area contributed by atoms with Crippen molar-refractivity contribution in [1.29, 1.82) is 0 Å². The minimum Gasteiger partial charge on any atom is -0.456 e. The molecule has 0 atom stereocenters. The first-order chi connectivity index (χ1) is 25.8. The number of rotatable bonds is 3. The van der Waals surface area contributed by atoms with E-state index in [9.17, 15) is 0 Å². The van der Waals surface area contributed by atoms with Crippen molar-refractivity contribution in [2.24, 2.45) is 0 Å². The number of furan rings is 1. The molecule has 0 aliphatic rings. The predicted octanol–water partition coefficient (Wildman–Crippen LogP) is 13.8. The van der Waals surface area contributed by atoms with E-state index < -0.39 is 0 Å². The van der Waals surface area contributed by atoms with Crippen LogP contribution >= 0.6 is 11.3 Å². The number of aromatic nitrogens is 2. The van der Waals surface area contributed by atoms with Crippen LogP contribution in [0.3, 0.4) is 0 Å². The number of hydrogen-bond acceptors (Lipinski definition) is 2. The first-order valence-corrected chi connectivity index (χ1v) is 18.5. The Bertz CT molecular complexity index is 3430. The van der Waals surface area contributed by atoms with Gasteiger partial charge in [-0.3, -0.25) is 0 Å². The molecule has 0 spiro atoms. The number of thiophene rings is 1. The molecule has 0 aliphatic carbocycles. The van der Waals surface area contributed by atoms with Crippen LogP contribution in [0.5, 0.6) is 0 Å². The van der Waals surface area contributed by atoms with E-state index in [0.717, 1.165) is 27.6 Å². The molecule has 0 amide bonds. The van der Waals surface area contributed by atoms with Gasteiger partial charge in [-0.05, 0) is 77.9 Å². The van der Waals surface area contributed by atoms with Crippen molar-refractivity contribution >= 4 is 97.1 Å². The second-order valence-electron chi connectivity index (χ2n) is 13.7. The normalized spacial score (nSPS) is 12.2. The lowest BCUT2D eigenvalue weighted by Crippen LogP contribution is -1.94. The van der Waals surface area contributed by atoms with Crippen LogP contribution in [-0.2, 0) is 0 Å². The second kappa shape index (κ2) is 10.5. The van der Waals surface area contributed by atoms with Gasteiger partial charge in [0.05, 0.1) is 32.5 Å². The molecule has 4 aromatic heterocycles. The third-order valence-electron chi connectivity index (χ3n) is 10.9. The van der Waals surface area contributed by atoms with Crippen LogP contribution in [0.25, 0.3) is 108 Å². The minimum atomic E-state index is 0.900. The zero-order chi connectivity index (χ0) is 33.9. The highest BCUT2D eigenvalue weighted by molar-refractivity contribution is 7.26. The Morgan fingerprint density at radius 3 is 1.71 bits per heavy atom. The molecule has 3 nitrogen and oxygen atoms in total. The lowest BCUT2D eigenvalue weighted by atomic mass is 10.0. The molecule has 0 unspecified atom stereocenters. The third kappa shape index (κ3) is 3.84. The van der Waals surface area contributed by atoms with Crippen molar-refractivity contribution in [3.05, 3.63) is 170 Å².